The molecule has 27 heavy (non-hydrogen) atoms. The van der Waals surface area contributed by atoms with E-state index in [0.717, 1.165) is 21.8 Å². The van der Waals surface area contributed by atoms with Gasteiger partial charge in [0.2, 0.25) is 0 Å². The molecule has 0 unspecified atom stereocenters. The Bertz CT molecular complexity index is 942. The number of benzene rings is 3. The van der Waals surface area contributed by atoms with Crippen molar-refractivity contribution < 1.29 is 19.0 Å². The number of hydrogen-bond donors (Lipinski definition) is 1. The standard InChI is InChI=1S/C22H19FO3S/c1-2-15-10-16(13-22(24)25)12-17(11-15)26-21-9-8-19(14-20(21)23)27-18-6-4-3-5-7-18/h3-12,14H,2,13H2,1H3,(H,24,25). The Labute approximate surface area is 161 Å². The van der Waals surface area contributed by atoms with Gasteiger partial charge in [-0.05, 0) is 60.0 Å². The van der Waals surface area contributed by atoms with Crippen LogP contribution < -0.4 is 4.74 Å². The van der Waals surface area contributed by atoms with Crippen LogP contribution in [0.25, 0.3) is 0 Å². The number of carboxylic acid groups (broad SMARTS) is 1. The van der Waals surface area contributed by atoms with E-state index in [2.05, 4.69) is 0 Å². The number of ether oxygens (including phenoxy) is 1. The normalized spacial score (nSPS) is 10.6. The lowest BCUT2D eigenvalue weighted by Gasteiger charge is -2.11. The molecule has 1 N–H and O–H groups in total. The fourth-order valence-corrected chi connectivity index (χ4v) is 3.51. The molecule has 3 rings (SSSR count). The Morgan fingerprint density at radius 1 is 1.00 bits per heavy atom. The fourth-order valence-electron chi connectivity index (χ4n) is 2.65. The van der Waals surface area contributed by atoms with Crippen LogP contribution >= 0.6 is 11.8 Å². The Kier molecular flexibility index (Phi) is 6.14. The third kappa shape index (κ3) is 5.34. The molecule has 3 aromatic rings. The highest BCUT2D eigenvalue weighted by molar-refractivity contribution is 7.99. The van der Waals surface area contributed by atoms with Crippen molar-refractivity contribution in [2.75, 3.05) is 0 Å². The zero-order valence-corrected chi connectivity index (χ0v) is 15.6. The number of aryl methyl sites for hydroxylation is 1. The van der Waals surface area contributed by atoms with E-state index in [1.54, 1.807) is 24.3 Å². The average Bonchev–Trinajstić information content (AvgIpc) is 2.64. The van der Waals surface area contributed by atoms with Gasteiger partial charge in [0, 0.05) is 9.79 Å². The van der Waals surface area contributed by atoms with Gasteiger partial charge in [-0.15, -0.1) is 0 Å². The van der Waals surface area contributed by atoms with Crippen molar-refractivity contribution >= 4 is 17.7 Å². The predicted octanol–water partition coefficient (Wildman–Crippen LogP) is 5.96. The van der Waals surface area contributed by atoms with Gasteiger partial charge >= 0.3 is 5.97 Å². The molecule has 0 saturated heterocycles. The van der Waals surface area contributed by atoms with Crippen molar-refractivity contribution in [3.63, 3.8) is 0 Å². The van der Waals surface area contributed by atoms with Gasteiger partial charge in [-0.3, -0.25) is 4.79 Å². The molecule has 0 aliphatic rings. The predicted molar refractivity (Wildman–Crippen MR) is 104 cm³/mol. The average molecular weight is 382 g/mol. The van der Waals surface area contributed by atoms with E-state index >= 15 is 0 Å². The third-order valence-electron chi connectivity index (χ3n) is 3.90. The molecule has 0 atom stereocenters. The molecule has 0 fully saturated rings. The van der Waals surface area contributed by atoms with Crippen molar-refractivity contribution in [1.82, 2.24) is 0 Å². The Morgan fingerprint density at radius 3 is 2.41 bits per heavy atom. The van der Waals surface area contributed by atoms with Crippen LogP contribution in [0.5, 0.6) is 11.5 Å². The van der Waals surface area contributed by atoms with Gasteiger partial charge in [0.25, 0.3) is 0 Å². The summed E-state index contributed by atoms with van der Waals surface area (Å²) in [6.45, 7) is 1.97. The van der Waals surface area contributed by atoms with E-state index in [0.29, 0.717) is 11.3 Å². The summed E-state index contributed by atoms with van der Waals surface area (Å²) in [7, 11) is 0. The summed E-state index contributed by atoms with van der Waals surface area (Å²) in [6.07, 6.45) is 0.637. The van der Waals surface area contributed by atoms with Gasteiger partial charge in [0.15, 0.2) is 11.6 Å². The maximum absolute atomic E-state index is 14.5. The highest BCUT2D eigenvalue weighted by Crippen LogP contribution is 2.33. The van der Waals surface area contributed by atoms with E-state index < -0.39 is 11.8 Å². The second kappa shape index (κ2) is 8.73. The Morgan fingerprint density at radius 2 is 1.74 bits per heavy atom. The first-order valence-electron chi connectivity index (χ1n) is 8.58. The number of carboxylic acids is 1. The van der Waals surface area contributed by atoms with E-state index in [4.69, 9.17) is 9.84 Å². The summed E-state index contributed by atoms with van der Waals surface area (Å²) < 4.78 is 20.2. The number of aliphatic carboxylic acids is 1. The quantitative estimate of drug-likeness (QED) is 0.548. The first-order chi connectivity index (χ1) is 13.0. The minimum absolute atomic E-state index is 0.0979. The van der Waals surface area contributed by atoms with Crippen molar-refractivity contribution in [3.8, 4) is 11.5 Å². The summed E-state index contributed by atoms with van der Waals surface area (Å²) >= 11 is 1.47. The number of carbonyl (C=O) groups is 1. The molecule has 138 valence electrons. The number of halogens is 1. The largest absolute Gasteiger partial charge is 0.481 e. The van der Waals surface area contributed by atoms with E-state index in [-0.39, 0.29) is 12.2 Å². The molecule has 0 aliphatic carbocycles. The summed E-state index contributed by atoms with van der Waals surface area (Å²) in [5.74, 6) is -0.824. The minimum atomic E-state index is -0.914. The van der Waals surface area contributed by atoms with Gasteiger partial charge < -0.3 is 9.84 Å². The Balaban J connectivity index is 1.80. The van der Waals surface area contributed by atoms with Crippen molar-refractivity contribution in [2.45, 2.75) is 29.6 Å². The molecule has 0 aliphatic heterocycles. The summed E-state index contributed by atoms with van der Waals surface area (Å²) in [5, 5.41) is 9.00. The van der Waals surface area contributed by atoms with Crippen LogP contribution in [0.3, 0.4) is 0 Å². The summed E-state index contributed by atoms with van der Waals surface area (Å²) in [4.78, 5) is 12.8. The lowest BCUT2D eigenvalue weighted by molar-refractivity contribution is -0.136. The smallest absolute Gasteiger partial charge is 0.307 e. The fraction of sp³-hybridized carbons (Fsp3) is 0.136. The second-order valence-corrected chi connectivity index (χ2v) is 7.17. The van der Waals surface area contributed by atoms with Crippen LogP contribution in [0.1, 0.15) is 18.1 Å². The van der Waals surface area contributed by atoms with Gasteiger partial charge in [0.1, 0.15) is 5.75 Å². The second-order valence-electron chi connectivity index (χ2n) is 6.02. The molecule has 3 aromatic carbocycles. The van der Waals surface area contributed by atoms with Crippen LogP contribution in [0.2, 0.25) is 0 Å². The molecule has 0 spiro atoms. The maximum Gasteiger partial charge on any atom is 0.307 e. The lowest BCUT2D eigenvalue weighted by atomic mass is 10.1. The first kappa shape index (κ1) is 19.0. The van der Waals surface area contributed by atoms with Crippen molar-refractivity contribution in [2.24, 2.45) is 0 Å². The van der Waals surface area contributed by atoms with Gasteiger partial charge in [-0.2, -0.15) is 0 Å². The third-order valence-corrected chi connectivity index (χ3v) is 4.90. The zero-order valence-electron chi connectivity index (χ0n) is 14.8. The molecule has 0 heterocycles. The van der Waals surface area contributed by atoms with Crippen molar-refractivity contribution in [3.05, 3.63) is 83.7 Å². The molecule has 0 aromatic heterocycles. The van der Waals surface area contributed by atoms with Crippen LogP contribution in [0, 0.1) is 5.82 Å². The molecule has 0 radical (unpaired) electrons. The van der Waals surface area contributed by atoms with E-state index in [1.165, 1.54) is 17.8 Å². The van der Waals surface area contributed by atoms with Crippen LogP contribution in [-0.2, 0) is 17.6 Å². The molecule has 3 nitrogen and oxygen atoms in total. The van der Waals surface area contributed by atoms with Crippen LogP contribution in [0.15, 0.2) is 76.5 Å². The molecular weight excluding hydrogens is 363 g/mol. The SMILES string of the molecule is CCc1cc(CC(=O)O)cc(Oc2ccc(Sc3ccccc3)cc2F)c1. The molecule has 5 heteroatoms. The number of rotatable bonds is 7. The Hall–Kier alpha value is -2.79. The highest BCUT2D eigenvalue weighted by Gasteiger charge is 2.10. The van der Waals surface area contributed by atoms with Crippen LogP contribution in [-0.4, -0.2) is 11.1 Å². The molecule has 0 bridgehead atoms. The van der Waals surface area contributed by atoms with Gasteiger partial charge in [-0.1, -0.05) is 43.0 Å². The summed E-state index contributed by atoms with van der Waals surface area (Å²) in [6, 6.07) is 19.8. The van der Waals surface area contributed by atoms with Crippen molar-refractivity contribution in [1.29, 1.82) is 0 Å². The monoisotopic (exact) mass is 382 g/mol. The molecule has 0 amide bonds. The van der Waals surface area contributed by atoms with E-state index in [1.807, 2.05) is 43.3 Å². The maximum atomic E-state index is 14.5. The minimum Gasteiger partial charge on any atom is -0.481 e. The topological polar surface area (TPSA) is 46.5 Å². The molecular formula is C22H19FO3S. The van der Waals surface area contributed by atoms with E-state index in [9.17, 15) is 9.18 Å². The zero-order chi connectivity index (χ0) is 19.2. The summed E-state index contributed by atoms with van der Waals surface area (Å²) in [5.41, 5.74) is 1.58. The van der Waals surface area contributed by atoms with Gasteiger partial charge in [-0.25, -0.2) is 4.39 Å². The molecule has 0 saturated carbocycles. The van der Waals surface area contributed by atoms with Crippen LogP contribution in [0.4, 0.5) is 4.39 Å². The number of hydrogen-bond acceptors (Lipinski definition) is 3. The highest BCUT2D eigenvalue weighted by atomic mass is 32.2. The first-order valence-corrected chi connectivity index (χ1v) is 9.40. The lowest BCUT2D eigenvalue weighted by Crippen LogP contribution is -2.01. The van der Waals surface area contributed by atoms with Gasteiger partial charge in [0.05, 0.1) is 6.42 Å².